The van der Waals surface area contributed by atoms with Crippen molar-refractivity contribution in [1.29, 1.82) is 0 Å². The summed E-state index contributed by atoms with van der Waals surface area (Å²) in [5, 5.41) is 33.8. The largest absolute Gasteiger partial charge is 0.494 e. The summed E-state index contributed by atoms with van der Waals surface area (Å²) >= 11 is 2.79. The van der Waals surface area contributed by atoms with Gasteiger partial charge in [-0.3, -0.25) is 18.7 Å². The molecule has 0 saturated heterocycles. The van der Waals surface area contributed by atoms with Crippen molar-refractivity contribution in [3.63, 3.8) is 0 Å². The third-order valence-corrected chi connectivity index (χ3v) is 17.5. The van der Waals surface area contributed by atoms with Gasteiger partial charge in [0.1, 0.15) is 32.7 Å². The van der Waals surface area contributed by atoms with Crippen LogP contribution in [0.1, 0.15) is 98.7 Å². The van der Waals surface area contributed by atoms with E-state index in [4.69, 9.17) is 14.5 Å². The predicted molar refractivity (Wildman–Crippen MR) is 287 cm³/mol. The molecule has 0 unspecified atom stereocenters. The first-order chi connectivity index (χ1) is 34.9. The van der Waals surface area contributed by atoms with Crippen LogP contribution in [-0.2, 0) is 33.1 Å². The number of fused-ring (bicyclic) bond motifs is 2. The summed E-state index contributed by atoms with van der Waals surface area (Å²) in [5.41, 5.74) is 1.35. The van der Waals surface area contributed by atoms with Gasteiger partial charge in [-0.15, -0.1) is 43.1 Å². The number of nitrogens with zero attached hydrogens (tertiary/aromatic N) is 9. The fourth-order valence-corrected chi connectivity index (χ4v) is 14.0. The second-order valence-corrected chi connectivity index (χ2v) is 24.6. The second kappa shape index (κ2) is 22.3. The molecule has 0 atom stereocenters. The summed E-state index contributed by atoms with van der Waals surface area (Å²) in [5.74, 6) is 0.415. The van der Waals surface area contributed by atoms with Crippen LogP contribution in [0.25, 0.3) is 0 Å². The Kier molecular flexibility index (Phi) is 16.9. The molecule has 0 saturated carbocycles. The third-order valence-electron chi connectivity index (χ3n) is 12.2. The molecule has 7 rings (SSSR count). The molecular weight excluding hydrogens is 1050 g/mol. The van der Waals surface area contributed by atoms with Gasteiger partial charge >= 0.3 is 0 Å². The van der Waals surface area contributed by atoms with E-state index in [-0.39, 0.29) is 120 Å². The summed E-state index contributed by atoms with van der Waals surface area (Å²) in [4.78, 5) is 44.1. The van der Waals surface area contributed by atoms with Gasteiger partial charge in [0.15, 0.2) is 26.7 Å². The number of anilines is 6. The maximum Gasteiger partial charge on any atom is 0.297 e. The lowest BCUT2D eigenvalue weighted by Crippen LogP contribution is -2.26. The number of methoxy groups -OCH3 is 2. The van der Waals surface area contributed by atoms with Crippen molar-refractivity contribution in [2.75, 3.05) is 73.2 Å². The SMILES string of the molecule is CCN(CC)c1cc(Nc2nc(Nc3cc(N(CC)CC)c(OC)cc3N=Nc3sc4c(c3S(=O)(=O)O)CC(C)(C)CC4=O)nc(SCCO)n2)c(N=Nc2sc3c(c2S(=O)(=O)O)CC(C)(C)CC3=O)cc1OC. The van der Waals surface area contributed by atoms with Crippen molar-refractivity contribution in [1.82, 2.24) is 15.0 Å². The number of aliphatic hydroxyl groups excluding tert-OH is 1. The number of ether oxygens (including phenoxy) is 2. The zero-order valence-electron chi connectivity index (χ0n) is 42.6. The quantitative estimate of drug-likeness (QED) is 0.0259. The molecule has 2 aliphatic carbocycles. The number of Topliss-reactive ketones (excluding diaryl/α,β-unsaturated/α-hetero) is 2. The molecule has 2 aromatic carbocycles. The Morgan fingerprint density at radius 2 is 1.04 bits per heavy atom. The van der Waals surface area contributed by atoms with Crippen LogP contribution in [0.15, 0.2) is 59.7 Å². The molecule has 0 amide bonds. The van der Waals surface area contributed by atoms with E-state index in [1.165, 1.54) is 14.2 Å². The lowest BCUT2D eigenvalue weighted by Gasteiger charge is -2.28. The van der Waals surface area contributed by atoms with Crippen molar-refractivity contribution in [3.8, 4) is 11.5 Å². The van der Waals surface area contributed by atoms with E-state index in [1.807, 2.05) is 65.2 Å². The van der Waals surface area contributed by atoms with Gasteiger partial charge in [-0.1, -0.05) is 39.5 Å². The maximum absolute atomic E-state index is 13.3. The number of carbonyl (C=O) groups is 2. The number of hydrogen-bond donors (Lipinski definition) is 5. The standard InChI is InChI=1S/C47H59N11O11S5/c1-11-57(12-2)31-17-27(29(19-35(31)68-9)53-55-41-39(73(62,63)64)25-21-46(5,6)23-33(60)37(25)71-41)48-43-50-44(52-45(51-43)70-16-15-59)49-28-18-32(58(13-3)14-4)36(69-10)20-30(28)54-56-42-40(74(65,66)67)26-22-47(7,8)24-34(61)38(26)72-42/h17-20,59H,11-16,21-24H2,1-10H3,(H,62,63,64)(H,65,66,67)(H2,48,49,50,51,52). The summed E-state index contributed by atoms with van der Waals surface area (Å²) in [6.07, 6.45) is 0.785. The fraction of sp³-hybridized carbons (Fsp3) is 0.468. The fourth-order valence-electron chi connectivity index (χ4n) is 8.96. The summed E-state index contributed by atoms with van der Waals surface area (Å²) in [6.45, 7) is 17.4. The number of hydrogen-bond acceptors (Lipinski definition) is 23. The van der Waals surface area contributed by atoms with Gasteiger partial charge in [0, 0.05) is 56.9 Å². The van der Waals surface area contributed by atoms with Crippen LogP contribution in [0.3, 0.4) is 0 Å². The predicted octanol–water partition coefficient (Wildman–Crippen LogP) is 10.9. The van der Waals surface area contributed by atoms with Crippen molar-refractivity contribution in [3.05, 3.63) is 45.1 Å². The molecule has 0 fully saturated rings. The van der Waals surface area contributed by atoms with Gasteiger partial charge in [0.05, 0.1) is 53.3 Å². The number of benzene rings is 2. The van der Waals surface area contributed by atoms with Crippen molar-refractivity contribution in [2.24, 2.45) is 31.3 Å². The molecule has 5 N–H and O–H groups in total. The van der Waals surface area contributed by atoms with E-state index in [9.17, 15) is 40.6 Å². The van der Waals surface area contributed by atoms with Crippen molar-refractivity contribution >= 4 is 122 Å². The summed E-state index contributed by atoms with van der Waals surface area (Å²) in [7, 11) is -6.75. The molecule has 27 heteroatoms. The molecule has 3 aromatic heterocycles. The molecule has 0 aliphatic heterocycles. The number of aromatic nitrogens is 3. The van der Waals surface area contributed by atoms with Crippen LogP contribution in [0.4, 0.5) is 56.0 Å². The summed E-state index contributed by atoms with van der Waals surface area (Å²) in [6, 6.07) is 6.66. The highest BCUT2D eigenvalue weighted by molar-refractivity contribution is 7.99. The normalized spacial score (nSPS) is 15.4. The number of nitrogens with one attached hydrogen (secondary N) is 2. The number of aliphatic hydroxyl groups is 1. The molecule has 5 aromatic rings. The molecule has 22 nitrogen and oxygen atoms in total. The number of thiophene rings is 2. The Hall–Kier alpha value is -5.68. The zero-order chi connectivity index (χ0) is 54.1. The van der Waals surface area contributed by atoms with E-state index in [0.29, 0.717) is 49.1 Å². The van der Waals surface area contributed by atoms with E-state index < -0.39 is 40.9 Å². The number of ketones is 2. The topological polar surface area (TPSA) is 300 Å². The maximum atomic E-state index is 13.3. The molecular formula is C47H59N11O11S5. The Morgan fingerprint density at radius 3 is 1.38 bits per heavy atom. The Morgan fingerprint density at radius 1 is 0.649 bits per heavy atom. The highest BCUT2D eigenvalue weighted by Crippen LogP contribution is 2.50. The van der Waals surface area contributed by atoms with Gasteiger partial charge in [-0.05, 0) is 74.6 Å². The average Bonchev–Trinajstić information content (AvgIpc) is 3.89. The van der Waals surface area contributed by atoms with Crippen LogP contribution >= 0.6 is 34.4 Å². The molecule has 398 valence electrons. The molecule has 2 aliphatic rings. The first-order valence-electron chi connectivity index (χ1n) is 23.5. The summed E-state index contributed by atoms with van der Waals surface area (Å²) < 4.78 is 84.4. The van der Waals surface area contributed by atoms with E-state index >= 15 is 0 Å². The van der Waals surface area contributed by atoms with Gasteiger partial charge in [0.25, 0.3) is 20.2 Å². The van der Waals surface area contributed by atoms with Crippen LogP contribution in [0, 0.1) is 10.8 Å². The van der Waals surface area contributed by atoms with Crippen LogP contribution in [0.2, 0.25) is 0 Å². The number of rotatable bonds is 21. The van der Waals surface area contributed by atoms with Gasteiger partial charge in [0.2, 0.25) is 11.9 Å². The van der Waals surface area contributed by atoms with Crippen LogP contribution in [0.5, 0.6) is 11.5 Å². The minimum atomic E-state index is -4.86. The van der Waals surface area contributed by atoms with E-state index in [2.05, 4.69) is 41.1 Å². The lowest BCUT2D eigenvalue weighted by atomic mass is 9.76. The molecule has 74 heavy (non-hydrogen) atoms. The first-order valence-corrected chi connectivity index (χ1v) is 29.0. The Balaban J connectivity index is 1.37. The smallest absolute Gasteiger partial charge is 0.297 e. The zero-order valence-corrected chi connectivity index (χ0v) is 46.6. The average molecular weight is 1110 g/mol. The molecule has 0 radical (unpaired) electrons. The monoisotopic (exact) mass is 1110 g/mol. The van der Waals surface area contributed by atoms with Gasteiger partial charge in [-0.25, -0.2) is 0 Å². The number of carbonyl (C=O) groups excluding carboxylic acids is 2. The van der Waals surface area contributed by atoms with Crippen LogP contribution < -0.4 is 29.9 Å². The minimum absolute atomic E-state index is 0.0247. The Labute approximate surface area is 442 Å². The van der Waals surface area contributed by atoms with Crippen molar-refractivity contribution < 1.29 is 50.1 Å². The van der Waals surface area contributed by atoms with Gasteiger partial charge < -0.3 is 35.0 Å². The minimum Gasteiger partial charge on any atom is -0.494 e. The molecule has 0 bridgehead atoms. The third kappa shape index (κ3) is 12.2. The molecule has 0 spiro atoms. The highest BCUT2D eigenvalue weighted by atomic mass is 32.2. The number of azo groups is 2. The second-order valence-electron chi connectivity index (χ2n) is 18.8. The highest BCUT2D eigenvalue weighted by Gasteiger charge is 2.40. The lowest BCUT2D eigenvalue weighted by molar-refractivity contribution is 0.0907. The van der Waals surface area contributed by atoms with E-state index in [1.54, 1.807) is 24.3 Å². The molecule has 3 heterocycles. The van der Waals surface area contributed by atoms with E-state index in [0.717, 1.165) is 34.4 Å². The Bertz CT molecular complexity index is 3070. The van der Waals surface area contributed by atoms with Gasteiger partial charge in [-0.2, -0.15) is 31.8 Å². The first kappa shape index (κ1) is 56.1. The van der Waals surface area contributed by atoms with Crippen molar-refractivity contribution in [2.45, 2.75) is 96.0 Å². The number of thioether (sulfide) groups is 1. The van der Waals surface area contributed by atoms with Crippen LogP contribution in [-0.4, -0.2) is 110 Å².